The smallest absolute Gasteiger partial charge is 0.323 e. The van der Waals surface area contributed by atoms with Crippen LogP contribution in [0.4, 0.5) is 16.2 Å². The third-order valence-electron chi connectivity index (χ3n) is 6.64. The minimum Gasteiger partial charge on any atom is -0.480 e. The van der Waals surface area contributed by atoms with Gasteiger partial charge in [0.15, 0.2) is 0 Å². The number of aliphatic carboxylic acids is 1. The lowest BCUT2D eigenvalue weighted by atomic mass is 9.85. The quantitative estimate of drug-likeness (QED) is 0.401. The number of benzene rings is 3. The fourth-order valence-corrected chi connectivity index (χ4v) is 5.23. The van der Waals surface area contributed by atoms with Crippen molar-refractivity contribution in [3.63, 3.8) is 0 Å². The van der Waals surface area contributed by atoms with Crippen molar-refractivity contribution < 1.29 is 19.5 Å². The van der Waals surface area contributed by atoms with Crippen LogP contribution in [0.15, 0.2) is 78.9 Å². The molecule has 3 aromatic carbocycles. The summed E-state index contributed by atoms with van der Waals surface area (Å²) in [5, 5.41) is 14.2. The number of nitrogens with one attached hydrogen (secondary N) is 1. The number of fused-ring (bicyclic) bond motifs is 1. The van der Waals surface area contributed by atoms with Crippen LogP contribution in [0.1, 0.15) is 49.8 Å². The molecule has 7 nitrogen and oxygen atoms in total. The first-order valence-corrected chi connectivity index (χ1v) is 12.9. The van der Waals surface area contributed by atoms with Crippen molar-refractivity contribution in [2.24, 2.45) is 0 Å². The molecule has 8 heteroatoms. The molecule has 0 aliphatic carbocycles. The lowest BCUT2D eigenvalue weighted by molar-refractivity contribution is -0.137. The first-order chi connectivity index (χ1) is 18.1. The highest BCUT2D eigenvalue weighted by Crippen LogP contribution is 2.41. The van der Waals surface area contributed by atoms with Crippen molar-refractivity contribution >= 4 is 46.9 Å². The van der Waals surface area contributed by atoms with E-state index in [1.165, 1.54) is 15.2 Å². The first kappa shape index (κ1) is 27.0. The summed E-state index contributed by atoms with van der Waals surface area (Å²) >= 11 is 5.03. The molecule has 0 aromatic heterocycles. The molecule has 0 spiro atoms. The molecule has 0 fully saturated rings. The van der Waals surface area contributed by atoms with Crippen molar-refractivity contribution in [2.45, 2.75) is 44.7 Å². The number of thiocarbonyl (C=S) groups is 1. The number of anilines is 2. The first-order valence-electron chi connectivity index (χ1n) is 12.4. The Morgan fingerprint density at radius 3 is 2.39 bits per heavy atom. The molecular formula is C30H31N3O4S. The van der Waals surface area contributed by atoms with Gasteiger partial charge in [0.2, 0.25) is 5.91 Å². The lowest BCUT2D eigenvalue weighted by Crippen LogP contribution is -2.59. The zero-order valence-corrected chi connectivity index (χ0v) is 22.4. The zero-order valence-electron chi connectivity index (χ0n) is 21.6. The number of hydrogen-bond donors (Lipinski definition) is 2. The lowest BCUT2D eigenvalue weighted by Gasteiger charge is -2.42. The Kier molecular flexibility index (Phi) is 7.92. The number of rotatable bonds is 6. The second kappa shape index (κ2) is 11.1. The highest BCUT2D eigenvalue weighted by Gasteiger charge is 2.44. The number of urea groups is 1. The average Bonchev–Trinajstić information content (AvgIpc) is 2.99. The van der Waals surface area contributed by atoms with E-state index in [1.807, 2.05) is 69.3 Å². The number of nitrogens with zero attached hydrogens (tertiary/aromatic N) is 2. The van der Waals surface area contributed by atoms with Gasteiger partial charge < -0.3 is 15.3 Å². The summed E-state index contributed by atoms with van der Waals surface area (Å²) in [6.45, 7) is 5.09. The van der Waals surface area contributed by atoms with Crippen LogP contribution in [0.5, 0.6) is 0 Å². The van der Waals surface area contributed by atoms with Gasteiger partial charge in [-0.1, -0.05) is 72.9 Å². The molecule has 2 atom stereocenters. The summed E-state index contributed by atoms with van der Waals surface area (Å²) in [7, 11) is 0. The van der Waals surface area contributed by atoms with Crippen molar-refractivity contribution in [2.75, 3.05) is 16.8 Å². The van der Waals surface area contributed by atoms with Gasteiger partial charge >= 0.3 is 12.0 Å². The highest BCUT2D eigenvalue weighted by molar-refractivity contribution is 7.79. The van der Waals surface area contributed by atoms with E-state index in [1.54, 1.807) is 30.3 Å². The number of hydrogen-bond acceptors (Lipinski definition) is 4. The summed E-state index contributed by atoms with van der Waals surface area (Å²) in [5.74, 6) is -1.80. The van der Waals surface area contributed by atoms with Gasteiger partial charge in [0.25, 0.3) is 0 Å². The van der Waals surface area contributed by atoms with Gasteiger partial charge in [0, 0.05) is 28.2 Å². The number of carbonyl (C=O) groups excluding carboxylic acids is 2. The molecule has 1 aliphatic heterocycles. The third-order valence-corrected chi connectivity index (χ3v) is 6.91. The minimum atomic E-state index is -1.13. The highest BCUT2D eigenvalue weighted by atomic mass is 32.1. The average molecular weight is 530 g/mol. The standard InChI is InChI=1S/C30H31N3O4S/c1-30(2,3)33(29(37)31-22-13-9-10-20(16-22)19-38)26-17-24(21-11-5-4-6-12-21)23-14-7-8-15-25(23)32(28(26)36)18-27(34)35/h4-16,19,24,26H,17-18H2,1-3H3,(H,31,37)(H,34,35). The van der Waals surface area contributed by atoms with Crippen LogP contribution in [-0.4, -0.2) is 51.4 Å². The summed E-state index contributed by atoms with van der Waals surface area (Å²) in [5.41, 5.74) is 2.93. The SMILES string of the molecule is CC(C)(C)N(C(=O)Nc1cccc(C=S)c1)C1CC(c2ccccc2)c2ccccc2N(CC(=O)O)C1=O. The van der Waals surface area contributed by atoms with Crippen molar-refractivity contribution in [1.82, 2.24) is 4.90 Å². The summed E-state index contributed by atoms with van der Waals surface area (Å²) in [6.07, 6.45) is 0.292. The maximum absolute atomic E-state index is 14.2. The van der Waals surface area contributed by atoms with E-state index in [9.17, 15) is 19.5 Å². The molecule has 3 aromatic rings. The van der Waals surface area contributed by atoms with Gasteiger partial charge in [-0.25, -0.2) is 4.79 Å². The monoisotopic (exact) mass is 529 g/mol. The predicted octanol–water partition coefficient (Wildman–Crippen LogP) is 5.69. The van der Waals surface area contributed by atoms with Crippen LogP contribution < -0.4 is 10.2 Å². The minimum absolute atomic E-state index is 0.240. The van der Waals surface area contributed by atoms with E-state index in [0.717, 1.165) is 16.7 Å². The maximum atomic E-state index is 14.2. The molecule has 1 aliphatic rings. The fraction of sp³-hybridized carbons (Fsp3) is 0.267. The molecule has 0 saturated heterocycles. The number of carboxylic acid groups (broad SMARTS) is 1. The van der Waals surface area contributed by atoms with Gasteiger partial charge in [-0.3, -0.25) is 14.5 Å². The van der Waals surface area contributed by atoms with E-state index in [0.29, 0.717) is 17.8 Å². The van der Waals surface area contributed by atoms with E-state index in [-0.39, 0.29) is 5.92 Å². The van der Waals surface area contributed by atoms with Gasteiger partial charge in [-0.15, -0.1) is 0 Å². The van der Waals surface area contributed by atoms with Gasteiger partial charge in [-0.05, 0) is 62.1 Å². The van der Waals surface area contributed by atoms with Gasteiger partial charge in [0.1, 0.15) is 12.6 Å². The summed E-state index contributed by atoms with van der Waals surface area (Å²) in [4.78, 5) is 42.8. The Balaban J connectivity index is 1.83. The van der Waals surface area contributed by atoms with Crippen LogP contribution in [0.3, 0.4) is 0 Å². The van der Waals surface area contributed by atoms with Crippen LogP contribution >= 0.6 is 12.2 Å². The van der Waals surface area contributed by atoms with E-state index < -0.39 is 36.0 Å². The number of amides is 3. The van der Waals surface area contributed by atoms with Crippen molar-refractivity contribution in [3.05, 3.63) is 95.6 Å². The molecule has 4 rings (SSSR count). The molecule has 0 bridgehead atoms. The second-order valence-electron chi connectivity index (χ2n) is 10.3. The number of carboxylic acids is 1. The normalized spacial score (nSPS) is 17.2. The Morgan fingerprint density at radius 2 is 1.74 bits per heavy atom. The fourth-order valence-electron chi connectivity index (χ4n) is 5.08. The van der Waals surface area contributed by atoms with Crippen LogP contribution in [0.25, 0.3) is 0 Å². The third kappa shape index (κ3) is 5.75. The molecule has 3 amide bonds. The molecule has 1 heterocycles. The van der Waals surface area contributed by atoms with E-state index >= 15 is 0 Å². The Morgan fingerprint density at radius 1 is 1.05 bits per heavy atom. The summed E-state index contributed by atoms with van der Waals surface area (Å²) in [6, 6.07) is 22.9. The number of carbonyl (C=O) groups is 3. The molecule has 196 valence electrons. The van der Waals surface area contributed by atoms with Gasteiger partial charge in [-0.2, -0.15) is 0 Å². The predicted molar refractivity (Wildman–Crippen MR) is 153 cm³/mol. The van der Waals surface area contributed by atoms with E-state index in [2.05, 4.69) is 5.32 Å². The molecule has 2 unspecified atom stereocenters. The Labute approximate surface area is 228 Å². The Hall–Kier alpha value is -4.04. The molecule has 2 N–H and O–H groups in total. The Bertz CT molecular complexity index is 1350. The maximum Gasteiger partial charge on any atom is 0.323 e. The van der Waals surface area contributed by atoms with Crippen LogP contribution in [0.2, 0.25) is 0 Å². The molecule has 0 saturated carbocycles. The van der Waals surface area contributed by atoms with Crippen LogP contribution in [0, 0.1) is 0 Å². The van der Waals surface area contributed by atoms with E-state index in [4.69, 9.17) is 12.2 Å². The largest absolute Gasteiger partial charge is 0.480 e. The van der Waals surface area contributed by atoms with Crippen molar-refractivity contribution in [1.29, 1.82) is 0 Å². The topological polar surface area (TPSA) is 90.0 Å². The molecular weight excluding hydrogens is 498 g/mol. The van der Waals surface area contributed by atoms with Crippen LogP contribution in [-0.2, 0) is 9.59 Å². The zero-order chi connectivity index (χ0) is 27.4. The van der Waals surface area contributed by atoms with Crippen molar-refractivity contribution in [3.8, 4) is 0 Å². The number of para-hydroxylation sites is 1. The molecule has 38 heavy (non-hydrogen) atoms. The molecule has 0 radical (unpaired) electrons. The van der Waals surface area contributed by atoms with Gasteiger partial charge in [0.05, 0.1) is 0 Å². The summed E-state index contributed by atoms with van der Waals surface area (Å²) < 4.78 is 0. The second-order valence-corrected chi connectivity index (χ2v) is 10.5.